The summed E-state index contributed by atoms with van der Waals surface area (Å²) in [6, 6.07) is 11.9. The molecule has 5 heteroatoms. The van der Waals surface area contributed by atoms with Gasteiger partial charge in [-0.1, -0.05) is 37.9 Å². The Hall–Kier alpha value is -2.19. The molecule has 1 N–H and O–H groups in total. The number of benzene rings is 1. The second-order valence-electron chi connectivity index (χ2n) is 4.46. The van der Waals surface area contributed by atoms with Crippen LogP contribution in [0.5, 0.6) is 0 Å². The molecule has 1 aromatic carbocycles. The second-order valence-corrected chi connectivity index (χ2v) is 6.44. The van der Waals surface area contributed by atoms with Gasteiger partial charge < -0.3 is 5.32 Å². The molecule has 0 amide bonds. The van der Waals surface area contributed by atoms with Gasteiger partial charge in [-0.25, -0.2) is 9.97 Å². The summed E-state index contributed by atoms with van der Waals surface area (Å²) in [5.74, 6) is 2.62. The van der Waals surface area contributed by atoms with Crippen LogP contribution in [0.15, 0.2) is 53.3 Å². The molecule has 0 radical (unpaired) electrons. The smallest absolute Gasteiger partial charge is 0.192 e. The maximum atomic E-state index is 12.1. The maximum Gasteiger partial charge on any atom is 0.192 e. The van der Waals surface area contributed by atoms with Gasteiger partial charge in [-0.15, -0.1) is 0 Å². The fourth-order valence-corrected chi connectivity index (χ4v) is 4.25. The van der Waals surface area contributed by atoms with E-state index in [0.29, 0.717) is 11.2 Å². The van der Waals surface area contributed by atoms with Crippen LogP contribution in [0.4, 0.5) is 5.82 Å². The van der Waals surface area contributed by atoms with E-state index >= 15 is 0 Å². The van der Waals surface area contributed by atoms with Crippen molar-refractivity contribution in [2.75, 3.05) is 12.4 Å². The first-order chi connectivity index (χ1) is 9.79. The molecule has 4 nitrogen and oxygen atoms in total. The Balaban J connectivity index is 2.18. The molecule has 1 atom stereocenters. The van der Waals surface area contributed by atoms with Crippen molar-refractivity contribution >= 4 is 24.0 Å². The molecular weight excluding hydrogens is 269 g/mol. The topological polar surface area (TPSA) is 54.9 Å². The minimum absolute atomic E-state index is 0.0169. The summed E-state index contributed by atoms with van der Waals surface area (Å²) in [5, 5.41) is 4.47. The normalized spacial score (nSPS) is 11.6. The lowest BCUT2D eigenvalue weighted by Crippen LogP contribution is -2.05. The molecular formula is C15H14N3OP. The second kappa shape index (κ2) is 5.43. The Morgan fingerprint density at radius 1 is 1.15 bits per heavy atom. The first kappa shape index (κ1) is 12.8. The number of nitrogens with zero attached hydrogens (tertiary/aromatic N) is 2. The van der Waals surface area contributed by atoms with Crippen molar-refractivity contribution in [3.63, 3.8) is 0 Å². The van der Waals surface area contributed by atoms with Crippen molar-refractivity contribution < 1.29 is 0 Å². The molecule has 100 valence electrons. The molecule has 0 saturated carbocycles. The Morgan fingerprint density at radius 2 is 1.95 bits per heavy atom. The average Bonchev–Trinajstić information content (AvgIpc) is 2.50. The number of hydrogen-bond donors (Lipinski definition) is 1. The summed E-state index contributed by atoms with van der Waals surface area (Å²) in [7, 11) is 1.17. The van der Waals surface area contributed by atoms with Gasteiger partial charge in [0.1, 0.15) is 12.1 Å². The minimum atomic E-state index is -0.605. The van der Waals surface area contributed by atoms with Crippen LogP contribution in [0.3, 0.4) is 0 Å². The number of rotatable bonds is 3. The van der Waals surface area contributed by atoms with Crippen LogP contribution in [0.2, 0.25) is 0 Å². The van der Waals surface area contributed by atoms with E-state index in [-0.39, 0.29) is 5.43 Å². The highest BCUT2D eigenvalue weighted by molar-refractivity contribution is 7.53. The number of aromatic nitrogens is 2. The van der Waals surface area contributed by atoms with Crippen LogP contribution >= 0.6 is 7.53 Å². The third kappa shape index (κ3) is 2.30. The van der Waals surface area contributed by atoms with Crippen molar-refractivity contribution in [2.24, 2.45) is 0 Å². The van der Waals surface area contributed by atoms with Crippen molar-refractivity contribution in [1.82, 2.24) is 9.97 Å². The molecule has 3 aromatic rings. The van der Waals surface area contributed by atoms with E-state index in [1.807, 2.05) is 24.0 Å². The number of nitrogens with one attached hydrogen (secondary N) is 1. The van der Waals surface area contributed by atoms with Gasteiger partial charge >= 0.3 is 0 Å². The highest BCUT2D eigenvalue weighted by Gasteiger charge is 2.10. The maximum absolute atomic E-state index is 12.1. The third-order valence-corrected chi connectivity index (χ3v) is 5.28. The van der Waals surface area contributed by atoms with E-state index in [0.717, 1.165) is 11.4 Å². The Kier molecular flexibility index (Phi) is 3.48. The summed E-state index contributed by atoms with van der Waals surface area (Å²) in [6.07, 6.45) is 2.42. The van der Waals surface area contributed by atoms with Crippen LogP contribution in [0.25, 0.3) is 10.6 Å². The average molecular weight is 283 g/mol. The largest absolute Gasteiger partial charge is 0.372 e. The van der Waals surface area contributed by atoms with E-state index in [9.17, 15) is 4.79 Å². The fraction of sp³-hybridized carbons (Fsp3) is 0.133. The van der Waals surface area contributed by atoms with Gasteiger partial charge in [0.15, 0.2) is 5.43 Å². The molecule has 0 bridgehead atoms. The lowest BCUT2D eigenvalue weighted by atomic mass is 10.2. The summed E-state index contributed by atoms with van der Waals surface area (Å²) in [6.45, 7) is 0. The van der Waals surface area contributed by atoms with E-state index < -0.39 is 7.53 Å². The summed E-state index contributed by atoms with van der Waals surface area (Å²) >= 11 is 0. The van der Waals surface area contributed by atoms with Gasteiger partial charge in [-0.2, -0.15) is 0 Å². The molecule has 0 aliphatic carbocycles. The molecule has 0 fully saturated rings. The molecule has 3 rings (SSSR count). The monoisotopic (exact) mass is 283 g/mol. The Bertz CT molecular complexity index is 799. The quantitative estimate of drug-likeness (QED) is 0.802. The first-order valence-corrected chi connectivity index (χ1v) is 7.95. The van der Waals surface area contributed by atoms with Gasteiger partial charge in [0.25, 0.3) is 0 Å². The standard InChI is InChI=1S/C15H14N3OP/c1-16-14-13-12(19)7-8-20(15(13)18-10-17-14)9-11-5-3-2-4-6-11/h2-8,10H,9H2,1H3,(H,16,17,18). The molecule has 2 heterocycles. The highest BCUT2D eigenvalue weighted by Crippen LogP contribution is 2.38. The molecule has 20 heavy (non-hydrogen) atoms. The molecule has 0 aliphatic heterocycles. The van der Waals surface area contributed by atoms with Crippen LogP contribution in [-0.2, 0) is 6.16 Å². The highest BCUT2D eigenvalue weighted by atomic mass is 31.1. The van der Waals surface area contributed by atoms with E-state index in [1.54, 1.807) is 13.1 Å². The van der Waals surface area contributed by atoms with Crippen molar-refractivity contribution in [3.05, 3.63) is 64.3 Å². The lowest BCUT2D eigenvalue weighted by molar-refractivity contribution is 1.21. The minimum Gasteiger partial charge on any atom is -0.372 e. The number of fused-ring (bicyclic) bond motifs is 1. The first-order valence-electron chi connectivity index (χ1n) is 6.35. The molecule has 0 aliphatic rings. The molecule has 2 aromatic heterocycles. The van der Waals surface area contributed by atoms with E-state index in [2.05, 4.69) is 27.4 Å². The van der Waals surface area contributed by atoms with Crippen LogP contribution < -0.4 is 10.7 Å². The van der Waals surface area contributed by atoms with Crippen molar-refractivity contribution in [3.8, 4) is 0 Å². The van der Waals surface area contributed by atoms with Gasteiger partial charge in [-0.3, -0.25) is 4.79 Å². The molecule has 0 saturated heterocycles. The summed E-state index contributed by atoms with van der Waals surface area (Å²) in [5.41, 5.74) is 1.24. The van der Waals surface area contributed by atoms with Crippen LogP contribution in [-0.4, -0.2) is 17.0 Å². The van der Waals surface area contributed by atoms with E-state index in [1.165, 1.54) is 11.9 Å². The number of hydrogen-bond acceptors (Lipinski definition) is 4. The van der Waals surface area contributed by atoms with Crippen LogP contribution in [0, 0.1) is 0 Å². The van der Waals surface area contributed by atoms with Crippen molar-refractivity contribution in [1.29, 1.82) is 0 Å². The van der Waals surface area contributed by atoms with Gasteiger partial charge in [0.05, 0.1) is 10.6 Å². The third-order valence-electron chi connectivity index (χ3n) is 3.18. The zero-order valence-electron chi connectivity index (χ0n) is 11.1. The molecule has 1 unspecified atom stereocenters. The lowest BCUT2D eigenvalue weighted by Gasteiger charge is -2.08. The number of anilines is 1. The summed E-state index contributed by atoms with van der Waals surface area (Å²) < 4.78 is 0. The zero-order chi connectivity index (χ0) is 13.9. The van der Waals surface area contributed by atoms with Crippen LogP contribution in [0.1, 0.15) is 5.56 Å². The predicted octanol–water partition coefficient (Wildman–Crippen LogP) is 3.07. The summed E-state index contributed by atoms with van der Waals surface area (Å²) in [4.78, 5) is 20.6. The van der Waals surface area contributed by atoms with Gasteiger partial charge in [0.2, 0.25) is 0 Å². The zero-order valence-corrected chi connectivity index (χ0v) is 12.0. The Morgan fingerprint density at radius 3 is 2.70 bits per heavy atom. The Labute approximate surface area is 117 Å². The van der Waals surface area contributed by atoms with Gasteiger partial charge in [0, 0.05) is 13.2 Å². The molecule has 0 spiro atoms. The fourth-order valence-electron chi connectivity index (χ4n) is 2.23. The van der Waals surface area contributed by atoms with Gasteiger partial charge in [-0.05, 0) is 17.4 Å². The van der Waals surface area contributed by atoms with Crippen molar-refractivity contribution in [2.45, 2.75) is 6.16 Å². The van der Waals surface area contributed by atoms with E-state index in [4.69, 9.17) is 0 Å². The predicted molar refractivity (Wildman–Crippen MR) is 83.6 cm³/mol. The SMILES string of the molecule is CNc1ncnc2c1c(=O)ccp2Cc1ccccc1.